The predicted molar refractivity (Wildman–Crippen MR) is 114 cm³/mol. The van der Waals surface area contributed by atoms with E-state index in [1.165, 1.54) is 27.4 Å². The van der Waals surface area contributed by atoms with Crippen LogP contribution >= 0.6 is 0 Å². The Morgan fingerprint density at radius 2 is 1.67 bits per heavy atom. The van der Waals surface area contributed by atoms with Gasteiger partial charge < -0.3 is 29.6 Å². The molecule has 160 valence electrons. The second-order valence-corrected chi connectivity index (χ2v) is 6.04. The van der Waals surface area contributed by atoms with E-state index in [0.717, 1.165) is 0 Å². The second-order valence-electron chi connectivity index (χ2n) is 6.04. The molecule has 0 aliphatic heterocycles. The average Bonchev–Trinajstić information content (AvgIpc) is 2.77. The number of carbonyl (C=O) groups excluding carboxylic acids is 2. The monoisotopic (exact) mass is 414 g/mol. The molecule has 0 fully saturated rings. The summed E-state index contributed by atoms with van der Waals surface area (Å²) in [6, 6.07) is 10.2. The fourth-order valence-electron chi connectivity index (χ4n) is 2.75. The summed E-state index contributed by atoms with van der Waals surface area (Å²) in [6.45, 7) is 0.771. The summed E-state index contributed by atoms with van der Waals surface area (Å²) < 4.78 is 20.9. The summed E-state index contributed by atoms with van der Waals surface area (Å²) in [6.07, 6.45) is 2.95. The standard InChI is InChI=1S/C22H26N2O6/c1-27-14-13-23-22(26)16-7-5-6-8-17(16)24-19(25)12-10-15-9-11-18(28-2)21(30-4)20(15)29-3/h5-12H,13-14H2,1-4H3,(H,23,26)(H,24,25)/b12-10+. The van der Waals surface area contributed by atoms with Crippen molar-refractivity contribution in [3.8, 4) is 17.2 Å². The molecule has 8 nitrogen and oxygen atoms in total. The zero-order valence-electron chi connectivity index (χ0n) is 17.5. The highest BCUT2D eigenvalue weighted by molar-refractivity contribution is 6.07. The number of ether oxygens (including phenoxy) is 4. The minimum atomic E-state index is -0.399. The van der Waals surface area contributed by atoms with Gasteiger partial charge in [-0.05, 0) is 30.3 Å². The number of benzene rings is 2. The molecule has 0 bridgehead atoms. The van der Waals surface area contributed by atoms with Crippen molar-refractivity contribution in [3.63, 3.8) is 0 Å². The third kappa shape index (κ3) is 5.74. The van der Waals surface area contributed by atoms with Crippen molar-refractivity contribution < 1.29 is 28.5 Å². The van der Waals surface area contributed by atoms with Crippen molar-refractivity contribution in [1.29, 1.82) is 0 Å². The summed E-state index contributed by atoms with van der Waals surface area (Å²) in [4.78, 5) is 24.8. The van der Waals surface area contributed by atoms with Crippen LogP contribution in [0.5, 0.6) is 17.2 Å². The summed E-state index contributed by atoms with van der Waals surface area (Å²) in [5, 5.41) is 5.46. The molecule has 0 spiro atoms. The molecule has 2 rings (SSSR count). The number of hydrogen-bond acceptors (Lipinski definition) is 6. The lowest BCUT2D eigenvalue weighted by molar-refractivity contribution is -0.111. The van der Waals surface area contributed by atoms with Crippen molar-refractivity contribution in [2.75, 3.05) is 46.9 Å². The van der Waals surface area contributed by atoms with Gasteiger partial charge in [0.25, 0.3) is 5.91 Å². The summed E-state index contributed by atoms with van der Waals surface area (Å²) in [5.41, 5.74) is 1.40. The third-order valence-electron chi connectivity index (χ3n) is 4.17. The Bertz CT molecular complexity index is 910. The van der Waals surface area contributed by atoms with Crippen LogP contribution in [0.15, 0.2) is 42.5 Å². The molecule has 8 heteroatoms. The number of nitrogens with one attached hydrogen (secondary N) is 2. The predicted octanol–water partition coefficient (Wildman–Crippen LogP) is 2.74. The molecule has 0 aliphatic carbocycles. The van der Waals surface area contributed by atoms with E-state index in [1.54, 1.807) is 49.6 Å². The Balaban J connectivity index is 2.17. The Kier molecular flexibility index (Phi) is 8.71. The van der Waals surface area contributed by atoms with Crippen molar-refractivity contribution in [3.05, 3.63) is 53.6 Å². The first-order valence-corrected chi connectivity index (χ1v) is 9.19. The fourth-order valence-corrected chi connectivity index (χ4v) is 2.75. The smallest absolute Gasteiger partial charge is 0.253 e. The Morgan fingerprint density at radius 1 is 0.933 bits per heavy atom. The van der Waals surface area contributed by atoms with E-state index in [-0.39, 0.29) is 5.91 Å². The van der Waals surface area contributed by atoms with Gasteiger partial charge in [0.05, 0.1) is 39.2 Å². The van der Waals surface area contributed by atoms with E-state index in [4.69, 9.17) is 18.9 Å². The van der Waals surface area contributed by atoms with Crippen LogP contribution in [0.1, 0.15) is 15.9 Å². The molecule has 0 atom stereocenters. The van der Waals surface area contributed by atoms with E-state index >= 15 is 0 Å². The molecule has 2 aromatic carbocycles. The second kappa shape index (κ2) is 11.5. The van der Waals surface area contributed by atoms with Crippen LogP contribution < -0.4 is 24.8 Å². The van der Waals surface area contributed by atoms with Gasteiger partial charge in [0.2, 0.25) is 11.7 Å². The molecule has 2 aromatic rings. The first-order valence-electron chi connectivity index (χ1n) is 9.19. The maximum Gasteiger partial charge on any atom is 0.253 e. The van der Waals surface area contributed by atoms with E-state index < -0.39 is 5.91 Å². The van der Waals surface area contributed by atoms with Gasteiger partial charge in [-0.15, -0.1) is 0 Å². The molecule has 0 aliphatic rings. The minimum Gasteiger partial charge on any atom is -0.493 e. The van der Waals surface area contributed by atoms with Gasteiger partial charge in [0, 0.05) is 25.3 Å². The maximum atomic E-state index is 12.5. The lowest BCUT2D eigenvalue weighted by atomic mass is 10.1. The van der Waals surface area contributed by atoms with Gasteiger partial charge in [-0.1, -0.05) is 12.1 Å². The van der Waals surface area contributed by atoms with Crippen LogP contribution in [-0.4, -0.2) is 53.4 Å². The van der Waals surface area contributed by atoms with Gasteiger partial charge in [-0.3, -0.25) is 9.59 Å². The molecule has 0 heterocycles. The van der Waals surface area contributed by atoms with Crippen molar-refractivity contribution >= 4 is 23.6 Å². The highest BCUT2D eigenvalue weighted by Crippen LogP contribution is 2.40. The fraction of sp³-hybridized carbons (Fsp3) is 0.273. The zero-order chi connectivity index (χ0) is 21.9. The number of carbonyl (C=O) groups is 2. The topological polar surface area (TPSA) is 95.1 Å². The number of amides is 2. The number of para-hydroxylation sites is 1. The molecule has 2 amide bonds. The molecular weight excluding hydrogens is 388 g/mol. The van der Waals surface area contributed by atoms with Crippen molar-refractivity contribution in [2.45, 2.75) is 0 Å². The van der Waals surface area contributed by atoms with Crippen molar-refractivity contribution in [1.82, 2.24) is 5.32 Å². The van der Waals surface area contributed by atoms with Crippen LogP contribution in [0.2, 0.25) is 0 Å². The van der Waals surface area contributed by atoms with E-state index in [1.807, 2.05) is 0 Å². The van der Waals surface area contributed by atoms with Gasteiger partial charge in [-0.2, -0.15) is 0 Å². The molecule has 0 radical (unpaired) electrons. The van der Waals surface area contributed by atoms with E-state index in [2.05, 4.69) is 10.6 Å². The molecular formula is C22H26N2O6. The molecule has 0 aromatic heterocycles. The van der Waals surface area contributed by atoms with Crippen LogP contribution in [0.3, 0.4) is 0 Å². The largest absolute Gasteiger partial charge is 0.493 e. The average molecular weight is 414 g/mol. The number of anilines is 1. The van der Waals surface area contributed by atoms with Gasteiger partial charge >= 0.3 is 0 Å². The molecule has 2 N–H and O–H groups in total. The Hall–Kier alpha value is -3.52. The summed E-state index contributed by atoms with van der Waals surface area (Å²) >= 11 is 0. The number of rotatable bonds is 10. The van der Waals surface area contributed by atoms with E-state index in [0.29, 0.717) is 47.2 Å². The minimum absolute atomic E-state index is 0.298. The quantitative estimate of drug-likeness (QED) is 0.459. The lowest BCUT2D eigenvalue weighted by Gasteiger charge is -2.14. The number of hydrogen-bond donors (Lipinski definition) is 2. The third-order valence-corrected chi connectivity index (χ3v) is 4.17. The van der Waals surface area contributed by atoms with Crippen LogP contribution in [-0.2, 0) is 9.53 Å². The summed E-state index contributed by atoms with van der Waals surface area (Å²) in [5.74, 6) is 0.696. The highest BCUT2D eigenvalue weighted by Gasteiger charge is 2.15. The zero-order valence-corrected chi connectivity index (χ0v) is 17.5. The first kappa shape index (κ1) is 22.8. The Labute approximate surface area is 175 Å². The van der Waals surface area contributed by atoms with Gasteiger partial charge in [0.15, 0.2) is 11.5 Å². The maximum absolute atomic E-state index is 12.5. The van der Waals surface area contributed by atoms with E-state index in [9.17, 15) is 9.59 Å². The lowest BCUT2D eigenvalue weighted by Crippen LogP contribution is -2.28. The highest BCUT2D eigenvalue weighted by atomic mass is 16.5. The van der Waals surface area contributed by atoms with Gasteiger partial charge in [-0.25, -0.2) is 0 Å². The Morgan fingerprint density at radius 3 is 2.33 bits per heavy atom. The van der Waals surface area contributed by atoms with Crippen LogP contribution in [0.4, 0.5) is 5.69 Å². The van der Waals surface area contributed by atoms with Gasteiger partial charge in [0.1, 0.15) is 0 Å². The molecule has 0 unspecified atom stereocenters. The summed E-state index contributed by atoms with van der Waals surface area (Å²) in [7, 11) is 6.10. The van der Waals surface area contributed by atoms with Crippen molar-refractivity contribution in [2.24, 2.45) is 0 Å². The van der Waals surface area contributed by atoms with Crippen LogP contribution in [0.25, 0.3) is 6.08 Å². The normalized spacial score (nSPS) is 10.5. The molecule has 0 saturated carbocycles. The van der Waals surface area contributed by atoms with Crippen LogP contribution in [0, 0.1) is 0 Å². The molecule has 0 saturated heterocycles. The molecule has 30 heavy (non-hydrogen) atoms. The first-order chi connectivity index (χ1) is 14.5. The number of methoxy groups -OCH3 is 4. The SMILES string of the molecule is COCCNC(=O)c1ccccc1NC(=O)/C=C/c1ccc(OC)c(OC)c1OC.